The molecule has 2 heterocycles. The van der Waals surface area contributed by atoms with Gasteiger partial charge in [-0.05, 0) is 56.1 Å². The summed E-state index contributed by atoms with van der Waals surface area (Å²) in [4.78, 5) is 15.4. The van der Waals surface area contributed by atoms with Crippen LogP contribution in [0.15, 0.2) is 60.7 Å². The average Bonchev–Trinajstić information content (AvgIpc) is 3.43. The first-order valence-electron chi connectivity index (χ1n) is 10.5. The van der Waals surface area contributed by atoms with E-state index in [1.165, 1.54) is 12.8 Å². The van der Waals surface area contributed by atoms with Gasteiger partial charge in [0, 0.05) is 18.7 Å². The van der Waals surface area contributed by atoms with Crippen LogP contribution in [0, 0.1) is 5.92 Å². The molecular weight excluding hydrogens is 376 g/mol. The molecule has 0 unspecified atom stereocenters. The molecule has 1 saturated carbocycles. The van der Waals surface area contributed by atoms with Crippen LogP contribution in [0.3, 0.4) is 0 Å². The second-order valence-electron chi connectivity index (χ2n) is 8.47. The molecule has 2 N–H and O–H groups in total. The number of fused-ring (bicyclic) bond motifs is 1. The zero-order valence-electron chi connectivity index (χ0n) is 17.1. The van der Waals surface area contributed by atoms with E-state index in [1.54, 1.807) is 0 Å². The maximum absolute atomic E-state index is 13.0. The van der Waals surface area contributed by atoms with E-state index >= 15 is 0 Å². The van der Waals surface area contributed by atoms with Crippen molar-refractivity contribution in [2.45, 2.75) is 24.8 Å². The van der Waals surface area contributed by atoms with Gasteiger partial charge in [0.05, 0.1) is 11.2 Å². The third-order valence-electron chi connectivity index (χ3n) is 6.36. The topological polar surface area (TPSA) is 70.2 Å². The Morgan fingerprint density at radius 1 is 1.20 bits per heavy atom. The van der Waals surface area contributed by atoms with Gasteiger partial charge in [0.15, 0.2) is 0 Å². The van der Waals surface area contributed by atoms with Gasteiger partial charge in [-0.3, -0.25) is 9.89 Å². The summed E-state index contributed by atoms with van der Waals surface area (Å²) >= 11 is 0. The molecule has 6 heteroatoms. The summed E-state index contributed by atoms with van der Waals surface area (Å²) in [6.07, 6.45) is 3.41. The number of nitrogens with one attached hydrogen (secondary N) is 2. The van der Waals surface area contributed by atoms with Gasteiger partial charge in [-0.2, -0.15) is 5.10 Å². The van der Waals surface area contributed by atoms with Crippen LogP contribution in [0.2, 0.25) is 0 Å². The van der Waals surface area contributed by atoms with Crippen LogP contribution < -0.4 is 10.1 Å². The molecule has 2 aromatic carbocycles. The number of para-hydroxylation sites is 2. The number of amides is 1. The number of rotatable bonds is 5. The smallest absolute Gasteiger partial charge is 0.269 e. The molecule has 0 bridgehead atoms. The van der Waals surface area contributed by atoms with E-state index in [2.05, 4.69) is 27.5 Å². The van der Waals surface area contributed by atoms with E-state index in [0.717, 1.165) is 30.8 Å². The second kappa shape index (κ2) is 7.61. The molecule has 2 fully saturated rings. The molecule has 6 nitrogen and oxygen atoms in total. The first-order valence-corrected chi connectivity index (χ1v) is 10.5. The van der Waals surface area contributed by atoms with Crippen LogP contribution in [-0.4, -0.2) is 46.7 Å². The number of aromatic amines is 1. The molecule has 1 amide bonds. The maximum Gasteiger partial charge on any atom is 0.269 e. The number of hydrogen-bond donors (Lipinski definition) is 2. The minimum Gasteiger partial charge on any atom is -0.457 e. The Morgan fingerprint density at radius 2 is 2.00 bits per heavy atom. The standard InChI is InChI=1S/C24H26N4O2/c1-28-15-17-8-7-13-24(17,16-28)25-23(29)21-14-20(26-27-21)19-11-5-6-12-22(19)30-18-9-3-2-4-10-18/h2-6,9-12,14,17H,7-8,13,15-16H2,1H3,(H,25,29)(H,26,27)/t17-,24-/m1/s1. The highest BCUT2D eigenvalue weighted by Crippen LogP contribution is 2.41. The van der Waals surface area contributed by atoms with E-state index in [0.29, 0.717) is 23.1 Å². The average molecular weight is 402 g/mol. The molecule has 1 aromatic heterocycles. The Kier molecular flexibility index (Phi) is 4.79. The minimum absolute atomic E-state index is 0.0857. The fraction of sp³-hybridized carbons (Fsp3) is 0.333. The highest BCUT2D eigenvalue weighted by Gasteiger charge is 2.49. The zero-order valence-corrected chi connectivity index (χ0v) is 17.1. The normalized spacial score (nSPS) is 23.3. The van der Waals surface area contributed by atoms with Crippen LogP contribution >= 0.6 is 0 Å². The van der Waals surface area contributed by atoms with Crippen LogP contribution in [-0.2, 0) is 0 Å². The van der Waals surface area contributed by atoms with Crippen molar-refractivity contribution in [1.82, 2.24) is 20.4 Å². The van der Waals surface area contributed by atoms with E-state index in [9.17, 15) is 4.79 Å². The molecule has 0 spiro atoms. The van der Waals surface area contributed by atoms with Crippen molar-refractivity contribution in [2.24, 2.45) is 5.92 Å². The van der Waals surface area contributed by atoms with Crippen LogP contribution in [0.1, 0.15) is 29.8 Å². The fourth-order valence-electron chi connectivity index (χ4n) is 5.00. The lowest BCUT2D eigenvalue weighted by Crippen LogP contribution is -2.51. The molecule has 1 aliphatic heterocycles. The van der Waals surface area contributed by atoms with Crippen LogP contribution in [0.4, 0.5) is 0 Å². The SMILES string of the molecule is CN1C[C@H]2CCC[C@@]2(NC(=O)c2cc(-c3ccccc3Oc3ccccc3)n[nH]2)C1. The van der Waals surface area contributed by atoms with Crippen molar-refractivity contribution in [3.8, 4) is 22.8 Å². The van der Waals surface area contributed by atoms with Gasteiger partial charge < -0.3 is 15.0 Å². The maximum atomic E-state index is 13.0. The Morgan fingerprint density at radius 3 is 2.87 bits per heavy atom. The number of carbonyl (C=O) groups is 1. The molecule has 0 radical (unpaired) electrons. The number of likely N-dealkylation sites (N-methyl/N-ethyl adjacent to an activating group) is 1. The van der Waals surface area contributed by atoms with Gasteiger partial charge in [-0.15, -0.1) is 0 Å². The third kappa shape index (κ3) is 3.48. The zero-order chi connectivity index (χ0) is 20.6. The molecule has 5 rings (SSSR count). The van der Waals surface area contributed by atoms with Gasteiger partial charge >= 0.3 is 0 Å². The van der Waals surface area contributed by atoms with Crippen LogP contribution in [0.5, 0.6) is 11.5 Å². The number of H-pyrrole nitrogens is 1. The lowest BCUT2D eigenvalue weighted by Gasteiger charge is -2.30. The van der Waals surface area contributed by atoms with E-state index < -0.39 is 0 Å². The van der Waals surface area contributed by atoms with Crippen molar-refractivity contribution < 1.29 is 9.53 Å². The fourth-order valence-corrected chi connectivity index (χ4v) is 5.00. The predicted octanol–water partition coefficient (Wildman–Crippen LogP) is 4.08. The van der Waals surface area contributed by atoms with E-state index in [-0.39, 0.29) is 11.4 Å². The molecule has 1 saturated heterocycles. The Balaban J connectivity index is 1.37. The van der Waals surface area contributed by atoms with Gasteiger partial charge in [-0.25, -0.2) is 0 Å². The number of likely N-dealkylation sites (tertiary alicyclic amines) is 1. The van der Waals surface area contributed by atoms with Gasteiger partial charge in [-0.1, -0.05) is 36.8 Å². The van der Waals surface area contributed by atoms with Gasteiger partial charge in [0.1, 0.15) is 17.2 Å². The number of benzene rings is 2. The quantitative estimate of drug-likeness (QED) is 0.675. The van der Waals surface area contributed by atoms with Gasteiger partial charge in [0.2, 0.25) is 0 Å². The highest BCUT2D eigenvalue weighted by molar-refractivity contribution is 5.94. The molecule has 2 aliphatic rings. The molecule has 154 valence electrons. The molecule has 3 aromatic rings. The Bertz CT molecular complexity index is 1050. The first-order chi connectivity index (χ1) is 14.6. The Hall–Kier alpha value is -3.12. The lowest BCUT2D eigenvalue weighted by atomic mass is 9.90. The number of aromatic nitrogens is 2. The number of ether oxygens (including phenoxy) is 1. The van der Waals surface area contributed by atoms with E-state index in [4.69, 9.17) is 4.74 Å². The van der Waals surface area contributed by atoms with Crippen molar-refractivity contribution in [3.63, 3.8) is 0 Å². The van der Waals surface area contributed by atoms with Crippen molar-refractivity contribution in [2.75, 3.05) is 20.1 Å². The van der Waals surface area contributed by atoms with Crippen molar-refractivity contribution in [3.05, 3.63) is 66.4 Å². The third-order valence-corrected chi connectivity index (χ3v) is 6.36. The summed E-state index contributed by atoms with van der Waals surface area (Å²) < 4.78 is 6.05. The number of hydrogen-bond acceptors (Lipinski definition) is 4. The number of nitrogens with zero attached hydrogens (tertiary/aromatic N) is 2. The largest absolute Gasteiger partial charge is 0.457 e. The van der Waals surface area contributed by atoms with E-state index in [1.807, 2.05) is 60.7 Å². The first kappa shape index (κ1) is 18.9. The highest BCUT2D eigenvalue weighted by atomic mass is 16.5. The molecule has 30 heavy (non-hydrogen) atoms. The lowest BCUT2D eigenvalue weighted by molar-refractivity contribution is 0.0885. The molecular formula is C24H26N4O2. The minimum atomic E-state index is -0.106. The summed E-state index contributed by atoms with van der Waals surface area (Å²) in [5.74, 6) is 1.91. The number of carbonyl (C=O) groups excluding carboxylic acids is 1. The second-order valence-corrected chi connectivity index (χ2v) is 8.47. The summed E-state index contributed by atoms with van der Waals surface area (Å²) in [5.41, 5.74) is 1.91. The Labute approximate surface area is 176 Å². The predicted molar refractivity (Wildman–Crippen MR) is 116 cm³/mol. The molecule has 1 aliphatic carbocycles. The summed E-state index contributed by atoms with van der Waals surface area (Å²) in [6.45, 7) is 1.97. The van der Waals surface area contributed by atoms with Crippen LogP contribution in [0.25, 0.3) is 11.3 Å². The van der Waals surface area contributed by atoms with Crippen molar-refractivity contribution >= 4 is 5.91 Å². The summed E-state index contributed by atoms with van der Waals surface area (Å²) in [5, 5.41) is 10.7. The molecule has 2 atom stereocenters. The summed E-state index contributed by atoms with van der Waals surface area (Å²) in [6, 6.07) is 19.2. The monoisotopic (exact) mass is 402 g/mol. The summed E-state index contributed by atoms with van der Waals surface area (Å²) in [7, 11) is 2.13. The van der Waals surface area contributed by atoms with Crippen molar-refractivity contribution in [1.29, 1.82) is 0 Å². The van der Waals surface area contributed by atoms with Gasteiger partial charge in [0.25, 0.3) is 5.91 Å².